The molecule has 1 unspecified atom stereocenters. The van der Waals surface area contributed by atoms with Crippen LogP contribution in [0.3, 0.4) is 0 Å². The molecule has 1 atom stereocenters. The predicted molar refractivity (Wildman–Crippen MR) is 89.7 cm³/mol. The lowest BCUT2D eigenvalue weighted by molar-refractivity contribution is -0.137. The number of aryl methyl sites for hydroxylation is 1. The van der Waals surface area contributed by atoms with E-state index in [2.05, 4.69) is 10.3 Å². The van der Waals surface area contributed by atoms with Crippen LogP contribution < -0.4 is 10.1 Å². The van der Waals surface area contributed by atoms with Gasteiger partial charge in [0.2, 0.25) is 0 Å². The molecular weight excluding hydrogens is 335 g/mol. The summed E-state index contributed by atoms with van der Waals surface area (Å²) in [5.74, 6) is 0.658. The number of piperazine rings is 1. The van der Waals surface area contributed by atoms with Crippen LogP contribution in [-0.2, 0) is 11.8 Å². The summed E-state index contributed by atoms with van der Waals surface area (Å²) in [5, 5.41) is 3.28. The van der Waals surface area contributed by atoms with Gasteiger partial charge in [-0.05, 0) is 12.1 Å². The Morgan fingerprint density at radius 2 is 2.33 bits per heavy atom. The lowest BCUT2D eigenvalue weighted by Gasteiger charge is -2.35. The lowest BCUT2D eigenvalue weighted by Crippen LogP contribution is -2.50. The lowest BCUT2D eigenvalue weighted by atomic mass is 10.1. The fourth-order valence-electron chi connectivity index (χ4n) is 2.72. The normalized spacial score (nSPS) is 17.2. The molecule has 24 heavy (non-hydrogen) atoms. The molecule has 1 aliphatic rings. The standard InChI is InChI=1S/C16H19FN4O2.ClH/c1-20-7-6-19-16(20)14-10-18-5-8-21(14)15(22)11-23-13-4-2-3-12(17)9-13;/h2-4,6-7,9,14,18H,5,8,10-11H2,1H3;1H. The van der Waals surface area contributed by atoms with Crippen LogP contribution in [0.4, 0.5) is 4.39 Å². The zero-order chi connectivity index (χ0) is 16.2. The zero-order valence-electron chi connectivity index (χ0n) is 13.3. The second-order valence-corrected chi connectivity index (χ2v) is 5.45. The minimum atomic E-state index is -0.386. The van der Waals surface area contributed by atoms with Crippen LogP contribution in [0.5, 0.6) is 5.75 Å². The van der Waals surface area contributed by atoms with Gasteiger partial charge in [-0.1, -0.05) is 6.07 Å². The van der Waals surface area contributed by atoms with Gasteiger partial charge < -0.3 is 19.5 Å². The van der Waals surface area contributed by atoms with E-state index in [1.54, 1.807) is 23.2 Å². The van der Waals surface area contributed by atoms with Gasteiger partial charge >= 0.3 is 0 Å². The number of nitrogens with one attached hydrogen (secondary N) is 1. The molecule has 130 valence electrons. The van der Waals surface area contributed by atoms with Crippen LogP contribution in [0.1, 0.15) is 11.9 Å². The number of halogens is 2. The van der Waals surface area contributed by atoms with Gasteiger partial charge in [-0.3, -0.25) is 4.79 Å². The second-order valence-electron chi connectivity index (χ2n) is 5.45. The third-order valence-electron chi connectivity index (χ3n) is 3.88. The Labute approximate surface area is 146 Å². The molecular formula is C16H20ClFN4O2. The van der Waals surface area contributed by atoms with E-state index in [0.29, 0.717) is 18.8 Å². The van der Waals surface area contributed by atoms with Crippen LogP contribution >= 0.6 is 12.4 Å². The summed E-state index contributed by atoms with van der Waals surface area (Å²) in [6.45, 7) is 1.84. The van der Waals surface area contributed by atoms with Crippen molar-refractivity contribution in [2.24, 2.45) is 7.05 Å². The SMILES string of the molecule is Cl.Cn1ccnc1C1CNCCN1C(=O)COc1cccc(F)c1. The van der Waals surface area contributed by atoms with E-state index in [9.17, 15) is 9.18 Å². The van der Waals surface area contributed by atoms with E-state index in [4.69, 9.17) is 4.74 Å². The van der Waals surface area contributed by atoms with Gasteiger partial charge in [-0.25, -0.2) is 9.37 Å². The highest BCUT2D eigenvalue weighted by Crippen LogP contribution is 2.21. The molecule has 1 aromatic heterocycles. The minimum absolute atomic E-state index is 0. The summed E-state index contributed by atoms with van der Waals surface area (Å²) in [7, 11) is 1.91. The Morgan fingerprint density at radius 3 is 3.04 bits per heavy atom. The molecule has 0 bridgehead atoms. The largest absolute Gasteiger partial charge is 0.484 e. The number of amides is 1. The van der Waals surface area contributed by atoms with Gasteiger partial charge in [0.05, 0.1) is 0 Å². The zero-order valence-corrected chi connectivity index (χ0v) is 14.1. The summed E-state index contributed by atoms with van der Waals surface area (Å²) >= 11 is 0. The number of ether oxygens (including phenoxy) is 1. The second kappa shape index (κ2) is 8.12. The number of carbonyl (C=O) groups excluding carboxylic acids is 1. The smallest absolute Gasteiger partial charge is 0.261 e. The maximum absolute atomic E-state index is 13.1. The number of hydrogen-bond acceptors (Lipinski definition) is 4. The number of carbonyl (C=O) groups is 1. The molecule has 0 radical (unpaired) electrons. The molecule has 1 aliphatic heterocycles. The van der Waals surface area contributed by atoms with Gasteiger partial charge in [-0.15, -0.1) is 12.4 Å². The first-order chi connectivity index (χ1) is 11.1. The number of imidazole rings is 1. The van der Waals surface area contributed by atoms with Crippen LogP contribution in [0.25, 0.3) is 0 Å². The highest BCUT2D eigenvalue weighted by molar-refractivity contribution is 5.85. The van der Waals surface area contributed by atoms with Crippen molar-refractivity contribution in [3.8, 4) is 5.75 Å². The van der Waals surface area contributed by atoms with Crippen molar-refractivity contribution in [3.63, 3.8) is 0 Å². The van der Waals surface area contributed by atoms with Gasteiger partial charge in [0.1, 0.15) is 23.4 Å². The van der Waals surface area contributed by atoms with Crippen molar-refractivity contribution in [2.45, 2.75) is 6.04 Å². The van der Waals surface area contributed by atoms with E-state index in [0.717, 1.165) is 12.4 Å². The molecule has 1 aromatic carbocycles. The maximum Gasteiger partial charge on any atom is 0.261 e. The Morgan fingerprint density at radius 1 is 1.50 bits per heavy atom. The molecule has 8 heteroatoms. The van der Waals surface area contributed by atoms with Gasteiger partial charge in [0.25, 0.3) is 5.91 Å². The van der Waals surface area contributed by atoms with Gasteiger partial charge in [0.15, 0.2) is 6.61 Å². The third kappa shape index (κ3) is 4.04. The summed E-state index contributed by atoms with van der Waals surface area (Å²) < 4.78 is 20.5. The first-order valence-electron chi connectivity index (χ1n) is 7.51. The van der Waals surface area contributed by atoms with E-state index < -0.39 is 0 Å². The number of hydrogen-bond donors (Lipinski definition) is 1. The molecule has 0 saturated carbocycles. The number of rotatable bonds is 4. The summed E-state index contributed by atoms with van der Waals surface area (Å²) in [4.78, 5) is 18.6. The molecule has 2 aromatic rings. The first kappa shape index (κ1) is 18.2. The molecule has 1 N–H and O–H groups in total. The average Bonchev–Trinajstić information content (AvgIpc) is 2.98. The monoisotopic (exact) mass is 354 g/mol. The van der Waals surface area contributed by atoms with E-state index in [1.165, 1.54) is 12.1 Å². The molecule has 1 amide bonds. The number of benzene rings is 1. The summed E-state index contributed by atoms with van der Waals surface area (Å²) in [6, 6.07) is 5.65. The van der Waals surface area contributed by atoms with Crippen LogP contribution in [-0.4, -0.2) is 46.6 Å². The third-order valence-corrected chi connectivity index (χ3v) is 3.88. The fraction of sp³-hybridized carbons (Fsp3) is 0.375. The highest BCUT2D eigenvalue weighted by Gasteiger charge is 2.30. The Balaban J connectivity index is 0.00000208. The van der Waals surface area contributed by atoms with Crippen molar-refractivity contribution < 1.29 is 13.9 Å². The van der Waals surface area contributed by atoms with Crippen molar-refractivity contribution >= 4 is 18.3 Å². The molecule has 0 spiro atoms. The van der Waals surface area contributed by atoms with Crippen LogP contribution in [0.2, 0.25) is 0 Å². The van der Waals surface area contributed by atoms with E-state index in [1.807, 2.05) is 17.8 Å². The van der Waals surface area contributed by atoms with Crippen molar-refractivity contribution in [1.82, 2.24) is 19.8 Å². The Kier molecular flexibility index (Phi) is 6.16. The van der Waals surface area contributed by atoms with E-state index >= 15 is 0 Å². The fourth-order valence-corrected chi connectivity index (χ4v) is 2.72. The van der Waals surface area contributed by atoms with Gasteiger partial charge in [-0.2, -0.15) is 0 Å². The predicted octanol–water partition coefficient (Wildman–Crippen LogP) is 1.53. The molecule has 0 aliphatic carbocycles. The highest BCUT2D eigenvalue weighted by atomic mass is 35.5. The minimum Gasteiger partial charge on any atom is -0.484 e. The first-order valence-corrected chi connectivity index (χ1v) is 7.51. The van der Waals surface area contributed by atoms with Crippen molar-refractivity contribution in [3.05, 3.63) is 48.3 Å². The number of nitrogens with zero attached hydrogens (tertiary/aromatic N) is 3. The maximum atomic E-state index is 13.1. The van der Waals surface area contributed by atoms with Crippen molar-refractivity contribution in [1.29, 1.82) is 0 Å². The molecule has 3 rings (SSSR count). The van der Waals surface area contributed by atoms with Crippen molar-refractivity contribution in [2.75, 3.05) is 26.2 Å². The topological polar surface area (TPSA) is 59.4 Å². The average molecular weight is 355 g/mol. The Bertz CT molecular complexity index is 694. The quantitative estimate of drug-likeness (QED) is 0.904. The van der Waals surface area contributed by atoms with Crippen LogP contribution in [0.15, 0.2) is 36.7 Å². The summed E-state index contributed by atoms with van der Waals surface area (Å²) in [5.41, 5.74) is 0. The van der Waals surface area contributed by atoms with Gasteiger partial charge in [0, 0.05) is 45.1 Å². The molecule has 6 nitrogen and oxygen atoms in total. The molecule has 1 saturated heterocycles. The number of aromatic nitrogens is 2. The Hall–Kier alpha value is -2.12. The molecule has 2 heterocycles. The molecule has 1 fully saturated rings. The van der Waals surface area contributed by atoms with Crippen LogP contribution in [0, 0.1) is 5.82 Å². The summed E-state index contributed by atoms with van der Waals surface area (Å²) in [6.07, 6.45) is 3.58. The van der Waals surface area contributed by atoms with E-state index in [-0.39, 0.29) is 36.8 Å².